The van der Waals surface area contributed by atoms with Gasteiger partial charge in [0.25, 0.3) is 0 Å². The minimum atomic E-state index is 0.402. The highest BCUT2D eigenvalue weighted by Gasteiger charge is 2.07. The SMILES string of the molecule is CCNC(C)c1ccc(SCCCOC)c(Br)c1. The van der Waals surface area contributed by atoms with E-state index in [4.69, 9.17) is 4.74 Å². The zero-order chi connectivity index (χ0) is 13.4. The number of thioether (sulfide) groups is 1. The highest BCUT2D eigenvalue weighted by atomic mass is 79.9. The molecule has 0 spiro atoms. The van der Waals surface area contributed by atoms with Crippen molar-refractivity contribution in [2.24, 2.45) is 0 Å². The average molecular weight is 332 g/mol. The van der Waals surface area contributed by atoms with E-state index in [2.05, 4.69) is 53.3 Å². The number of hydrogen-bond acceptors (Lipinski definition) is 3. The maximum Gasteiger partial charge on any atom is 0.0470 e. The Labute approximate surface area is 123 Å². The molecule has 4 heteroatoms. The molecule has 1 unspecified atom stereocenters. The first-order valence-corrected chi connectivity index (χ1v) is 8.11. The van der Waals surface area contributed by atoms with Gasteiger partial charge in [-0.1, -0.05) is 13.0 Å². The lowest BCUT2D eigenvalue weighted by Crippen LogP contribution is -2.17. The molecule has 1 atom stereocenters. The van der Waals surface area contributed by atoms with Crippen molar-refractivity contribution >= 4 is 27.7 Å². The van der Waals surface area contributed by atoms with E-state index in [-0.39, 0.29) is 0 Å². The van der Waals surface area contributed by atoms with E-state index in [9.17, 15) is 0 Å². The molecule has 0 saturated heterocycles. The van der Waals surface area contributed by atoms with Crippen LogP contribution in [-0.4, -0.2) is 26.0 Å². The maximum absolute atomic E-state index is 5.05. The average Bonchev–Trinajstić information content (AvgIpc) is 2.36. The molecule has 1 aromatic rings. The zero-order valence-corrected chi connectivity index (χ0v) is 13.7. The van der Waals surface area contributed by atoms with Crippen LogP contribution in [0.2, 0.25) is 0 Å². The highest BCUT2D eigenvalue weighted by Crippen LogP contribution is 2.30. The zero-order valence-electron chi connectivity index (χ0n) is 11.3. The van der Waals surface area contributed by atoms with Crippen LogP contribution in [0, 0.1) is 0 Å². The molecule has 1 aromatic carbocycles. The summed E-state index contributed by atoms with van der Waals surface area (Å²) in [5.74, 6) is 1.09. The molecule has 0 bridgehead atoms. The summed E-state index contributed by atoms with van der Waals surface area (Å²) >= 11 is 5.53. The summed E-state index contributed by atoms with van der Waals surface area (Å²) in [4.78, 5) is 1.30. The van der Waals surface area contributed by atoms with E-state index >= 15 is 0 Å². The normalized spacial score (nSPS) is 12.7. The third-order valence-corrected chi connectivity index (χ3v) is 4.79. The minimum Gasteiger partial charge on any atom is -0.385 e. The predicted octanol–water partition coefficient (Wildman–Crippen LogP) is 4.25. The fourth-order valence-corrected chi connectivity index (χ4v) is 3.30. The number of nitrogens with one attached hydrogen (secondary N) is 1. The minimum absolute atomic E-state index is 0.402. The van der Waals surface area contributed by atoms with Gasteiger partial charge in [0.2, 0.25) is 0 Å². The van der Waals surface area contributed by atoms with Crippen molar-refractivity contribution in [1.29, 1.82) is 0 Å². The van der Waals surface area contributed by atoms with Crippen LogP contribution in [0.1, 0.15) is 31.9 Å². The molecule has 2 nitrogen and oxygen atoms in total. The van der Waals surface area contributed by atoms with Gasteiger partial charge in [-0.15, -0.1) is 11.8 Å². The molecule has 1 N–H and O–H groups in total. The van der Waals surface area contributed by atoms with Gasteiger partial charge in [0.1, 0.15) is 0 Å². The summed E-state index contributed by atoms with van der Waals surface area (Å²) in [6.45, 7) is 6.15. The molecule has 0 amide bonds. The highest BCUT2D eigenvalue weighted by molar-refractivity contribution is 9.10. The lowest BCUT2D eigenvalue weighted by molar-refractivity contribution is 0.200. The fourth-order valence-electron chi connectivity index (χ4n) is 1.71. The van der Waals surface area contributed by atoms with Gasteiger partial charge in [0, 0.05) is 34.9 Å². The molecule has 0 saturated carbocycles. The van der Waals surface area contributed by atoms with Crippen LogP contribution in [0.25, 0.3) is 0 Å². The Balaban J connectivity index is 2.56. The van der Waals surface area contributed by atoms with Gasteiger partial charge in [-0.05, 0) is 53.5 Å². The third-order valence-electron chi connectivity index (χ3n) is 2.72. The molecular formula is C14H22BrNOS. The second-order valence-electron chi connectivity index (χ2n) is 4.16. The second kappa shape index (κ2) is 8.97. The van der Waals surface area contributed by atoms with Gasteiger partial charge in [-0.3, -0.25) is 0 Å². The number of benzene rings is 1. The van der Waals surface area contributed by atoms with Crippen LogP contribution >= 0.6 is 27.7 Å². The molecule has 102 valence electrons. The van der Waals surface area contributed by atoms with Gasteiger partial charge in [0.15, 0.2) is 0 Å². The summed E-state index contributed by atoms with van der Waals surface area (Å²) in [7, 11) is 1.75. The molecular weight excluding hydrogens is 310 g/mol. The first-order valence-electron chi connectivity index (χ1n) is 6.33. The van der Waals surface area contributed by atoms with E-state index in [0.29, 0.717) is 6.04 Å². The fraction of sp³-hybridized carbons (Fsp3) is 0.571. The molecule has 1 rings (SSSR count). The first kappa shape index (κ1) is 16.0. The number of hydrogen-bond donors (Lipinski definition) is 1. The van der Waals surface area contributed by atoms with Gasteiger partial charge >= 0.3 is 0 Å². The molecule has 0 heterocycles. The standard InChI is InChI=1S/C14H22BrNOS/c1-4-16-11(2)12-6-7-14(13(15)10-12)18-9-5-8-17-3/h6-7,10-11,16H,4-5,8-9H2,1-3H3. The Hall–Kier alpha value is -0.0300. The summed E-state index contributed by atoms with van der Waals surface area (Å²) in [5.41, 5.74) is 1.32. The molecule has 0 aliphatic heterocycles. The van der Waals surface area contributed by atoms with Crippen LogP contribution in [-0.2, 0) is 4.74 Å². The molecule has 0 aliphatic rings. The van der Waals surface area contributed by atoms with E-state index in [0.717, 1.165) is 25.3 Å². The third kappa shape index (κ3) is 5.31. The summed E-state index contributed by atoms with van der Waals surface area (Å²) in [5, 5.41) is 3.42. The van der Waals surface area contributed by atoms with E-state index in [1.165, 1.54) is 14.9 Å². The van der Waals surface area contributed by atoms with Crippen LogP contribution in [0.5, 0.6) is 0 Å². The van der Waals surface area contributed by atoms with E-state index in [1.54, 1.807) is 7.11 Å². The van der Waals surface area contributed by atoms with E-state index in [1.807, 2.05) is 11.8 Å². The molecule has 0 radical (unpaired) electrons. The summed E-state index contributed by atoms with van der Waals surface area (Å²) in [6, 6.07) is 7.02. The predicted molar refractivity (Wildman–Crippen MR) is 83.5 cm³/mol. The largest absolute Gasteiger partial charge is 0.385 e. The van der Waals surface area contributed by atoms with E-state index < -0.39 is 0 Å². The number of rotatable bonds is 8. The quantitative estimate of drug-likeness (QED) is 0.568. The van der Waals surface area contributed by atoms with Crippen molar-refractivity contribution in [1.82, 2.24) is 5.32 Å². The van der Waals surface area contributed by atoms with Crippen LogP contribution in [0.4, 0.5) is 0 Å². The lowest BCUT2D eigenvalue weighted by Gasteiger charge is -2.14. The smallest absolute Gasteiger partial charge is 0.0470 e. The Bertz CT molecular complexity index is 360. The van der Waals surface area contributed by atoms with Gasteiger partial charge in [-0.25, -0.2) is 0 Å². The number of ether oxygens (including phenoxy) is 1. The Morgan fingerprint density at radius 1 is 1.44 bits per heavy atom. The maximum atomic E-state index is 5.05. The summed E-state index contributed by atoms with van der Waals surface area (Å²) in [6.07, 6.45) is 1.09. The summed E-state index contributed by atoms with van der Waals surface area (Å²) < 4.78 is 6.24. The van der Waals surface area contributed by atoms with Crippen LogP contribution < -0.4 is 5.32 Å². The lowest BCUT2D eigenvalue weighted by atomic mass is 10.1. The van der Waals surface area contributed by atoms with Crippen LogP contribution in [0.15, 0.2) is 27.6 Å². The number of methoxy groups -OCH3 is 1. The Morgan fingerprint density at radius 3 is 2.83 bits per heavy atom. The van der Waals surface area contributed by atoms with Crippen molar-refractivity contribution in [3.05, 3.63) is 28.2 Å². The second-order valence-corrected chi connectivity index (χ2v) is 6.16. The van der Waals surface area contributed by atoms with Crippen LogP contribution in [0.3, 0.4) is 0 Å². The van der Waals surface area contributed by atoms with Crippen molar-refractivity contribution < 1.29 is 4.74 Å². The van der Waals surface area contributed by atoms with Gasteiger partial charge in [0.05, 0.1) is 0 Å². The molecule has 0 fully saturated rings. The van der Waals surface area contributed by atoms with Crippen molar-refractivity contribution in [3.8, 4) is 0 Å². The first-order chi connectivity index (χ1) is 8.69. The Morgan fingerprint density at radius 2 is 2.22 bits per heavy atom. The topological polar surface area (TPSA) is 21.3 Å². The monoisotopic (exact) mass is 331 g/mol. The van der Waals surface area contributed by atoms with Crippen molar-refractivity contribution in [3.63, 3.8) is 0 Å². The van der Waals surface area contributed by atoms with Crippen molar-refractivity contribution in [2.75, 3.05) is 26.0 Å². The molecule has 0 aromatic heterocycles. The molecule has 0 aliphatic carbocycles. The van der Waals surface area contributed by atoms with Gasteiger partial charge in [-0.2, -0.15) is 0 Å². The van der Waals surface area contributed by atoms with Gasteiger partial charge < -0.3 is 10.1 Å². The number of halogens is 1. The molecule has 18 heavy (non-hydrogen) atoms. The van der Waals surface area contributed by atoms with Crippen molar-refractivity contribution in [2.45, 2.75) is 31.2 Å². The Kier molecular flexibility index (Phi) is 7.98.